The number of carbonyl (C=O) groups is 2. The van der Waals surface area contributed by atoms with Gasteiger partial charge in [-0.3, -0.25) is 0 Å². The van der Waals surface area contributed by atoms with Crippen LogP contribution in [0.5, 0.6) is 0 Å². The molecule has 0 radical (unpaired) electrons. The first-order valence-corrected chi connectivity index (χ1v) is 8.70. The Morgan fingerprint density at radius 2 is 2.16 bits per heavy atom. The van der Waals surface area contributed by atoms with Crippen molar-refractivity contribution in [3.63, 3.8) is 0 Å². The topological polar surface area (TPSA) is 77.3 Å². The summed E-state index contributed by atoms with van der Waals surface area (Å²) < 4.78 is 0. The van der Waals surface area contributed by atoms with Crippen molar-refractivity contribution in [1.29, 1.82) is 0 Å². The van der Waals surface area contributed by atoms with E-state index in [9.17, 15) is 9.59 Å². The van der Waals surface area contributed by atoms with Crippen LogP contribution in [0.1, 0.15) is 33.1 Å². The number of ketones is 1. The van der Waals surface area contributed by atoms with E-state index in [-0.39, 0.29) is 11.7 Å². The van der Waals surface area contributed by atoms with Gasteiger partial charge in [0, 0.05) is 18.9 Å². The average Bonchev–Trinajstić information content (AvgIpc) is 3.21. The highest BCUT2D eigenvalue weighted by molar-refractivity contribution is 7.80. The molecule has 0 N–H and O–H groups in total. The third kappa shape index (κ3) is 3.68. The van der Waals surface area contributed by atoms with Crippen LogP contribution in [0.15, 0.2) is 24.3 Å². The number of thiocarbonyl (C=S) groups is 1. The molecule has 25 heavy (non-hydrogen) atoms. The number of carbonyl (C=O) groups excluding carboxylic acids is 2. The van der Waals surface area contributed by atoms with Crippen molar-refractivity contribution in [3.8, 4) is 0 Å². The number of fused-ring (bicyclic) bond motifs is 1. The van der Waals surface area contributed by atoms with E-state index in [0.717, 1.165) is 11.3 Å². The minimum atomic E-state index is -0.454. The molecule has 0 bridgehead atoms. The number of benzene rings is 1. The molecular formula is C17H20N4O3S. The smallest absolute Gasteiger partial charge is 0.352 e. The zero-order valence-corrected chi connectivity index (χ0v) is 15.0. The van der Waals surface area contributed by atoms with E-state index in [0.29, 0.717) is 35.4 Å². The summed E-state index contributed by atoms with van der Waals surface area (Å²) in [6.07, 6.45) is 1.90. The van der Waals surface area contributed by atoms with Crippen LogP contribution < -0.4 is 4.84 Å². The van der Waals surface area contributed by atoms with Gasteiger partial charge in [0.15, 0.2) is 0 Å². The monoisotopic (exact) mass is 360 g/mol. The summed E-state index contributed by atoms with van der Waals surface area (Å²) in [4.78, 5) is 33.1. The molecule has 132 valence electrons. The molecule has 2 atom stereocenters. The van der Waals surface area contributed by atoms with E-state index in [1.165, 1.54) is 0 Å². The maximum absolute atomic E-state index is 12.6. The predicted molar refractivity (Wildman–Crippen MR) is 95.9 cm³/mol. The van der Waals surface area contributed by atoms with Crippen molar-refractivity contribution >= 4 is 40.0 Å². The Hall–Kier alpha value is -2.35. The highest BCUT2D eigenvalue weighted by Crippen LogP contribution is 2.23. The van der Waals surface area contributed by atoms with Crippen LogP contribution in [0.3, 0.4) is 0 Å². The molecule has 2 aromatic rings. The van der Waals surface area contributed by atoms with Gasteiger partial charge in [-0.2, -0.15) is 0 Å². The number of nitrogens with zero attached hydrogens (tertiary/aromatic N) is 4. The normalized spacial score (nSPS) is 18.3. The standard InChI is InChI=1S/C17H20N4O3S/c1-11(10-12(2)22)16(25)20-9-5-8-15(20)17(23)24-21-14-7-4-3-6-13(14)18-19-21/h3-4,6-7,11,15H,5,8-10H2,1-2H3/t11-,15+/m0/s1. The Morgan fingerprint density at radius 3 is 2.92 bits per heavy atom. The minimum absolute atomic E-state index is 0.0758. The zero-order valence-electron chi connectivity index (χ0n) is 14.2. The van der Waals surface area contributed by atoms with Gasteiger partial charge < -0.3 is 14.5 Å². The summed E-state index contributed by atoms with van der Waals surface area (Å²) in [5.41, 5.74) is 1.29. The quantitative estimate of drug-likeness (QED) is 0.594. The first kappa shape index (κ1) is 17.5. The van der Waals surface area contributed by atoms with Crippen molar-refractivity contribution in [2.75, 3.05) is 6.54 Å². The number of hydrogen-bond acceptors (Lipinski definition) is 6. The molecule has 7 nitrogen and oxygen atoms in total. The predicted octanol–water partition coefficient (Wildman–Crippen LogP) is 1.79. The van der Waals surface area contributed by atoms with Crippen LogP contribution in [0.2, 0.25) is 0 Å². The van der Waals surface area contributed by atoms with Crippen molar-refractivity contribution < 1.29 is 14.4 Å². The lowest BCUT2D eigenvalue weighted by Crippen LogP contribution is -2.45. The van der Waals surface area contributed by atoms with E-state index in [2.05, 4.69) is 10.3 Å². The highest BCUT2D eigenvalue weighted by atomic mass is 32.1. The SMILES string of the molecule is CC(=O)C[C@H](C)C(=S)N1CCC[C@@H]1C(=O)On1nnc2ccccc21. The van der Waals surface area contributed by atoms with Gasteiger partial charge >= 0.3 is 5.97 Å². The Kier molecular flexibility index (Phi) is 5.08. The molecule has 0 unspecified atom stereocenters. The molecular weight excluding hydrogens is 340 g/mol. The van der Waals surface area contributed by atoms with Gasteiger partial charge in [0.1, 0.15) is 22.9 Å². The second-order valence-corrected chi connectivity index (χ2v) is 6.78. The molecule has 0 aliphatic carbocycles. The highest BCUT2D eigenvalue weighted by Gasteiger charge is 2.36. The molecule has 3 rings (SSSR count). The minimum Gasteiger partial charge on any atom is -0.352 e. The molecule has 1 aliphatic heterocycles. The summed E-state index contributed by atoms with van der Waals surface area (Å²) in [5.74, 6) is -0.402. The lowest BCUT2D eigenvalue weighted by molar-refractivity contribution is -0.149. The second-order valence-electron chi connectivity index (χ2n) is 6.36. The van der Waals surface area contributed by atoms with Crippen LogP contribution in [0.4, 0.5) is 0 Å². The van der Waals surface area contributed by atoms with Gasteiger partial charge in [0.2, 0.25) is 0 Å². The Morgan fingerprint density at radius 1 is 1.40 bits per heavy atom. The summed E-state index contributed by atoms with van der Waals surface area (Å²) in [6.45, 7) is 4.15. The molecule has 1 aromatic carbocycles. The number of para-hydroxylation sites is 1. The molecule has 0 spiro atoms. The van der Waals surface area contributed by atoms with Crippen LogP contribution in [-0.2, 0) is 9.59 Å². The number of rotatable bonds is 5. The number of Topliss-reactive ketones (excluding diaryl/α,β-unsaturated/α-hetero) is 1. The van der Waals surface area contributed by atoms with Gasteiger partial charge in [-0.1, -0.05) is 36.1 Å². The maximum atomic E-state index is 12.6. The fourth-order valence-corrected chi connectivity index (χ4v) is 3.44. The Labute approximate surface area is 150 Å². The fourth-order valence-electron chi connectivity index (χ4n) is 3.14. The average molecular weight is 360 g/mol. The van der Waals surface area contributed by atoms with Crippen LogP contribution in [0, 0.1) is 5.92 Å². The summed E-state index contributed by atoms with van der Waals surface area (Å²) in [5, 5.41) is 7.85. The number of likely N-dealkylation sites (tertiary alicyclic amines) is 1. The summed E-state index contributed by atoms with van der Waals surface area (Å²) >= 11 is 5.51. The molecule has 8 heteroatoms. The molecule has 0 amide bonds. The molecule has 1 aliphatic rings. The lowest BCUT2D eigenvalue weighted by Gasteiger charge is -2.28. The number of hydrogen-bond donors (Lipinski definition) is 0. The summed E-state index contributed by atoms with van der Waals surface area (Å²) in [7, 11) is 0. The Balaban J connectivity index is 1.72. The van der Waals surface area contributed by atoms with E-state index in [1.807, 2.05) is 24.0 Å². The van der Waals surface area contributed by atoms with Crippen molar-refractivity contribution in [3.05, 3.63) is 24.3 Å². The third-order valence-corrected chi connectivity index (χ3v) is 4.96. The second kappa shape index (κ2) is 7.26. The fraction of sp³-hybridized carbons (Fsp3) is 0.471. The number of aromatic nitrogens is 3. The zero-order chi connectivity index (χ0) is 18.0. The van der Waals surface area contributed by atoms with E-state index >= 15 is 0 Å². The van der Waals surface area contributed by atoms with E-state index in [1.54, 1.807) is 19.1 Å². The van der Waals surface area contributed by atoms with Crippen molar-refractivity contribution in [2.24, 2.45) is 5.92 Å². The van der Waals surface area contributed by atoms with Crippen LogP contribution >= 0.6 is 12.2 Å². The van der Waals surface area contributed by atoms with Crippen LogP contribution in [-0.4, -0.2) is 49.4 Å². The van der Waals surface area contributed by atoms with Crippen molar-refractivity contribution in [2.45, 2.75) is 39.2 Å². The van der Waals surface area contributed by atoms with Gasteiger partial charge in [-0.25, -0.2) is 4.79 Å². The van der Waals surface area contributed by atoms with Gasteiger partial charge in [-0.15, -0.1) is 5.10 Å². The molecule has 2 heterocycles. The van der Waals surface area contributed by atoms with E-state index < -0.39 is 12.0 Å². The molecule has 1 fully saturated rings. The van der Waals surface area contributed by atoms with Gasteiger partial charge in [-0.05, 0) is 37.1 Å². The molecule has 1 saturated heterocycles. The van der Waals surface area contributed by atoms with Crippen molar-refractivity contribution in [1.82, 2.24) is 20.1 Å². The first-order valence-electron chi connectivity index (χ1n) is 8.30. The Bertz CT molecular complexity index is 819. The maximum Gasteiger partial charge on any atom is 0.357 e. The molecule has 0 saturated carbocycles. The molecule has 1 aromatic heterocycles. The summed E-state index contributed by atoms with van der Waals surface area (Å²) in [6, 6.07) is 6.81. The third-order valence-electron chi connectivity index (χ3n) is 4.32. The van der Waals surface area contributed by atoms with Gasteiger partial charge in [0.05, 0.1) is 4.99 Å². The largest absolute Gasteiger partial charge is 0.357 e. The van der Waals surface area contributed by atoms with Gasteiger partial charge in [0.25, 0.3) is 0 Å². The van der Waals surface area contributed by atoms with Crippen LogP contribution in [0.25, 0.3) is 11.0 Å². The van der Waals surface area contributed by atoms with E-state index in [4.69, 9.17) is 17.1 Å². The first-order chi connectivity index (χ1) is 12.0. The lowest BCUT2D eigenvalue weighted by atomic mass is 10.0.